The van der Waals surface area contributed by atoms with Gasteiger partial charge in [0.15, 0.2) is 0 Å². The Morgan fingerprint density at radius 2 is 1.26 bits per heavy atom. The van der Waals surface area contributed by atoms with Crippen LogP contribution in [0.1, 0.15) is 83.5 Å². The molecule has 7 heteroatoms. The maximum absolute atomic E-state index is 11.9. The van der Waals surface area contributed by atoms with E-state index in [9.17, 15) is 19.2 Å². The summed E-state index contributed by atoms with van der Waals surface area (Å²) < 4.78 is 0. The largest absolute Gasteiger partial charge is 0.380 e. The highest BCUT2D eigenvalue weighted by atomic mass is 16.2. The number of likely N-dealkylation sites (N-methyl/N-ethyl adjacent to an activating group) is 1. The van der Waals surface area contributed by atoms with Crippen LogP contribution >= 0.6 is 0 Å². The van der Waals surface area contributed by atoms with Gasteiger partial charge < -0.3 is 19.8 Å². The van der Waals surface area contributed by atoms with Crippen LogP contribution in [0.3, 0.4) is 0 Å². The monoisotopic (exact) mass is 435 g/mol. The third-order valence-electron chi connectivity index (χ3n) is 5.69. The van der Waals surface area contributed by atoms with Crippen LogP contribution in [0.25, 0.3) is 0 Å². The fraction of sp³-hybridized carbons (Fsp3) is 0.750. The quantitative estimate of drug-likeness (QED) is 0.169. The van der Waals surface area contributed by atoms with E-state index in [0.717, 1.165) is 82.1 Å². The molecule has 1 aliphatic rings. The molecule has 176 valence electrons. The Kier molecular flexibility index (Phi) is 15.4. The molecule has 0 aromatic carbocycles. The van der Waals surface area contributed by atoms with Crippen molar-refractivity contribution in [3.63, 3.8) is 0 Å². The van der Waals surface area contributed by atoms with E-state index in [-0.39, 0.29) is 11.8 Å². The van der Waals surface area contributed by atoms with E-state index in [1.165, 1.54) is 38.8 Å². The van der Waals surface area contributed by atoms with Crippen LogP contribution in [0.15, 0.2) is 11.8 Å². The van der Waals surface area contributed by atoms with Crippen molar-refractivity contribution >= 4 is 24.4 Å². The van der Waals surface area contributed by atoms with Gasteiger partial charge in [0.1, 0.15) is 18.3 Å². The Hall–Kier alpha value is -2.02. The maximum Gasteiger partial charge on any atom is 0.276 e. The molecule has 0 aliphatic carbocycles. The first-order valence-corrected chi connectivity index (χ1v) is 12.0. The Morgan fingerprint density at radius 3 is 1.74 bits per heavy atom. The third kappa shape index (κ3) is 12.4. The lowest BCUT2D eigenvalue weighted by Gasteiger charge is -2.22. The van der Waals surface area contributed by atoms with Crippen molar-refractivity contribution in [3.05, 3.63) is 11.8 Å². The molecule has 0 bridgehead atoms. The van der Waals surface area contributed by atoms with E-state index < -0.39 is 0 Å². The zero-order valence-electron chi connectivity index (χ0n) is 19.3. The molecule has 0 saturated heterocycles. The molecular weight excluding hydrogens is 394 g/mol. The number of hydrogen-bond donors (Lipinski definition) is 1. The normalized spacial score (nSPS) is 13.7. The van der Waals surface area contributed by atoms with Crippen LogP contribution in [-0.2, 0) is 19.2 Å². The van der Waals surface area contributed by atoms with Gasteiger partial charge in [-0.2, -0.15) is 0 Å². The first kappa shape index (κ1) is 27.0. The summed E-state index contributed by atoms with van der Waals surface area (Å²) >= 11 is 0. The summed E-state index contributed by atoms with van der Waals surface area (Å²) in [6, 6.07) is 0. The second kappa shape index (κ2) is 17.6. The van der Waals surface area contributed by atoms with E-state index in [4.69, 9.17) is 0 Å². The molecule has 0 aromatic heterocycles. The topological polar surface area (TPSA) is 86.8 Å². The predicted octanol–water partition coefficient (Wildman–Crippen LogP) is 3.23. The van der Waals surface area contributed by atoms with Crippen LogP contribution < -0.4 is 5.32 Å². The highest BCUT2D eigenvalue weighted by molar-refractivity contribution is 6.15. The minimum atomic E-state index is -0.268. The third-order valence-corrected chi connectivity index (χ3v) is 5.69. The SMILES string of the molecule is CN1C(=O)C=C(NCCCN(CCCCCCCC=O)CCCCCCCC=O)C1=O. The van der Waals surface area contributed by atoms with Crippen molar-refractivity contribution in [1.82, 2.24) is 15.1 Å². The van der Waals surface area contributed by atoms with Crippen LogP contribution in [-0.4, -0.2) is 67.4 Å². The second-order valence-corrected chi connectivity index (χ2v) is 8.33. The first-order chi connectivity index (χ1) is 15.1. The molecule has 0 atom stereocenters. The van der Waals surface area contributed by atoms with Crippen LogP contribution in [0.4, 0.5) is 0 Å². The number of imide groups is 1. The minimum Gasteiger partial charge on any atom is -0.380 e. The fourth-order valence-electron chi connectivity index (χ4n) is 3.74. The molecular formula is C24H41N3O4. The van der Waals surface area contributed by atoms with Crippen molar-refractivity contribution in [1.29, 1.82) is 0 Å². The number of amides is 2. The lowest BCUT2D eigenvalue weighted by molar-refractivity contribution is -0.135. The number of carbonyl (C=O) groups excluding carboxylic acids is 4. The molecule has 0 fully saturated rings. The zero-order valence-corrected chi connectivity index (χ0v) is 19.3. The predicted molar refractivity (Wildman–Crippen MR) is 122 cm³/mol. The van der Waals surface area contributed by atoms with Crippen molar-refractivity contribution in [3.8, 4) is 0 Å². The average Bonchev–Trinajstić information content (AvgIpc) is 3.01. The van der Waals surface area contributed by atoms with Gasteiger partial charge in [0.05, 0.1) is 0 Å². The summed E-state index contributed by atoms with van der Waals surface area (Å²) in [5.41, 5.74) is 0.393. The summed E-state index contributed by atoms with van der Waals surface area (Å²) in [6.07, 6.45) is 16.9. The van der Waals surface area contributed by atoms with Crippen LogP contribution in [0.2, 0.25) is 0 Å². The summed E-state index contributed by atoms with van der Waals surface area (Å²) in [7, 11) is 1.50. The van der Waals surface area contributed by atoms with Crippen molar-refractivity contribution in [2.75, 3.05) is 33.2 Å². The highest BCUT2D eigenvalue weighted by Crippen LogP contribution is 2.10. The van der Waals surface area contributed by atoms with Gasteiger partial charge in [-0.1, -0.05) is 38.5 Å². The lowest BCUT2D eigenvalue weighted by atomic mass is 10.1. The number of unbranched alkanes of at least 4 members (excludes halogenated alkanes) is 10. The van der Waals surface area contributed by atoms with Crippen LogP contribution in [0.5, 0.6) is 0 Å². The van der Waals surface area contributed by atoms with E-state index in [1.807, 2.05) is 0 Å². The van der Waals surface area contributed by atoms with Gasteiger partial charge in [-0.25, -0.2) is 0 Å². The summed E-state index contributed by atoms with van der Waals surface area (Å²) in [5.74, 6) is -0.526. The number of aldehydes is 2. The Morgan fingerprint density at radius 1 is 0.774 bits per heavy atom. The van der Waals surface area contributed by atoms with Gasteiger partial charge in [-0.15, -0.1) is 0 Å². The molecule has 0 aromatic rings. The van der Waals surface area contributed by atoms with Gasteiger partial charge in [-0.05, 0) is 51.7 Å². The Labute approximate surface area is 187 Å². The van der Waals surface area contributed by atoms with Gasteiger partial charge in [-0.3, -0.25) is 14.5 Å². The molecule has 0 unspecified atom stereocenters. The number of nitrogens with one attached hydrogen (secondary N) is 1. The second-order valence-electron chi connectivity index (χ2n) is 8.33. The number of hydrogen-bond acceptors (Lipinski definition) is 6. The number of rotatable bonds is 21. The first-order valence-electron chi connectivity index (χ1n) is 12.0. The molecule has 0 saturated carbocycles. The van der Waals surface area contributed by atoms with Crippen molar-refractivity contribution in [2.45, 2.75) is 83.5 Å². The van der Waals surface area contributed by atoms with Crippen molar-refractivity contribution < 1.29 is 19.2 Å². The van der Waals surface area contributed by atoms with E-state index in [2.05, 4.69) is 10.2 Å². The average molecular weight is 436 g/mol. The molecule has 31 heavy (non-hydrogen) atoms. The van der Waals surface area contributed by atoms with Gasteiger partial charge >= 0.3 is 0 Å². The van der Waals surface area contributed by atoms with Gasteiger partial charge in [0, 0.05) is 32.5 Å². The highest BCUT2D eigenvalue weighted by Gasteiger charge is 2.27. The standard InChI is InChI=1S/C24H41N3O4/c1-26-23(30)21-22(24(26)31)25-15-14-18-27(16-10-6-2-4-8-12-19-28)17-11-7-3-5-9-13-20-29/h19-21,25H,2-18H2,1H3. The van der Waals surface area contributed by atoms with E-state index in [0.29, 0.717) is 25.1 Å². The minimum absolute atomic E-state index is 0.258. The molecule has 0 radical (unpaired) electrons. The fourth-order valence-corrected chi connectivity index (χ4v) is 3.74. The van der Waals surface area contributed by atoms with Crippen LogP contribution in [0, 0.1) is 0 Å². The van der Waals surface area contributed by atoms with Gasteiger partial charge in [0.25, 0.3) is 11.8 Å². The zero-order chi connectivity index (χ0) is 22.7. The number of nitrogens with zero attached hydrogens (tertiary/aromatic N) is 2. The summed E-state index contributed by atoms with van der Waals surface area (Å²) in [6.45, 7) is 3.78. The summed E-state index contributed by atoms with van der Waals surface area (Å²) in [5, 5.41) is 3.10. The Balaban J connectivity index is 2.26. The lowest BCUT2D eigenvalue weighted by Crippen LogP contribution is -2.32. The van der Waals surface area contributed by atoms with Gasteiger partial charge in [0.2, 0.25) is 0 Å². The van der Waals surface area contributed by atoms with E-state index in [1.54, 1.807) is 0 Å². The van der Waals surface area contributed by atoms with Crippen molar-refractivity contribution in [2.24, 2.45) is 0 Å². The maximum atomic E-state index is 11.9. The molecule has 1 heterocycles. The molecule has 1 aliphatic heterocycles. The molecule has 2 amide bonds. The number of carbonyl (C=O) groups is 4. The molecule has 7 nitrogen and oxygen atoms in total. The smallest absolute Gasteiger partial charge is 0.276 e. The van der Waals surface area contributed by atoms with E-state index >= 15 is 0 Å². The Bertz CT molecular complexity index is 555. The summed E-state index contributed by atoms with van der Waals surface area (Å²) in [4.78, 5) is 47.8. The molecule has 1 rings (SSSR count). The molecule has 1 N–H and O–H groups in total. The molecule has 0 spiro atoms.